The number of anilines is 1. The van der Waals surface area contributed by atoms with Gasteiger partial charge in [0.15, 0.2) is 11.5 Å². The molecule has 0 spiro atoms. The molecular weight excluding hydrogens is 416 g/mol. The van der Waals surface area contributed by atoms with E-state index in [1.165, 1.54) is 12.1 Å². The van der Waals surface area contributed by atoms with E-state index in [0.717, 1.165) is 11.6 Å². The second-order valence-corrected chi connectivity index (χ2v) is 6.58. The fraction of sp³-hybridized carbons (Fsp3) is 0.250. The van der Waals surface area contributed by atoms with Crippen molar-refractivity contribution in [2.75, 3.05) is 5.32 Å². The monoisotopic (exact) mass is 435 g/mol. The van der Waals surface area contributed by atoms with Crippen LogP contribution in [0.5, 0.6) is 11.5 Å². The minimum absolute atomic E-state index is 0.0206. The Bertz CT molecular complexity index is 971. The number of hydrogen-bond donors (Lipinski definition) is 3. The lowest BCUT2D eigenvalue weighted by atomic mass is 10.1. The Balaban J connectivity index is 1.62. The Morgan fingerprint density at radius 3 is 2.48 bits per heavy atom. The molecule has 0 unspecified atom stereocenters. The van der Waals surface area contributed by atoms with Crippen LogP contribution in [0.1, 0.15) is 18.4 Å². The fourth-order valence-corrected chi connectivity index (χ4v) is 2.72. The van der Waals surface area contributed by atoms with Crippen LogP contribution >= 0.6 is 0 Å². The Hall–Kier alpha value is -3.89. The molecule has 2 aromatic rings. The van der Waals surface area contributed by atoms with E-state index in [-0.39, 0.29) is 36.6 Å². The number of benzene rings is 2. The van der Waals surface area contributed by atoms with Gasteiger partial charge in [-0.15, -0.1) is 8.78 Å². The molecule has 31 heavy (non-hydrogen) atoms. The number of carbonyl (C=O) groups is 3. The van der Waals surface area contributed by atoms with Crippen molar-refractivity contribution < 1.29 is 37.4 Å². The molecule has 11 heteroatoms. The van der Waals surface area contributed by atoms with Gasteiger partial charge in [-0.1, -0.05) is 30.3 Å². The molecule has 0 fully saturated rings. The number of primary amides is 1. The summed E-state index contributed by atoms with van der Waals surface area (Å²) >= 11 is 0. The standard InChI is InChI=1S/C20H19F2N3O6/c21-20(22)30-15-8-6-13(10-16(15)31-20)24-18(27)14(7-9-17(23)26)25-19(28)29-11-12-4-2-1-3-5-12/h1-6,8,10,14H,7,9,11H2,(H2,23,26)(H,24,27)(H,25,28)/t14-/m0/s1. The van der Waals surface area contributed by atoms with E-state index in [1.54, 1.807) is 24.3 Å². The van der Waals surface area contributed by atoms with Gasteiger partial charge < -0.3 is 30.6 Å². The summed E-state index contributed by atoms with van der Waals surface area (Å²) in [5.41, 5.74) is 5.99. The van der Waals surface area contributed by atoms with Crippen LogP contribution in [0.15, 0.2) is 48.5 Å². The molecule has 0 aliphatic carbocycles. The zero-order chi connectivity index (χ0) is 22.4. The highest BCUT2D eigenvalue weighted by Gasteiger charge is 2.43. The highest BCUT2D eigenvalue weighted by atomic mass is 19.3. The van der Waals surface area contributed by atoms with Crippen LogP contribution in [0.3, 0.4) is 0 Å². The van der Waals surface area contributed by atoms with E-state index in [2.05, 4.69) is 20.1 Å². The number of amides is 3. The quantitative estimate of drug-likeness (QED) is 0.584. The number of nitrogens with one attached hydrogen (secondary N) is 2. The summed E-state index contributed by atoms with van der Waals surface area (Å²) in [5.74, 6) is -1.81. The average Bonchev–Trinajstić information content (AvgIpc) is 3.03. The molecule has 1 atom stereocenters. The lowest BCUT2D eigenvalue weighted by Crippen LogP contribution is -2.44. The zero-order valence-electron chi connectivity index (χ0n) is 16.1. The average molecular weight is 435 g/mol. The lowest BCUT2D eigenvalue weighted by Gasteiger charge is -2.18. The summed E-state index contributed by atoms with van der Waals surface area (Å²) in [7, 11) is 0. The first kappa shape index (κ1) is 21.8. The molecule has 1 aliphatic heterocycles. The number of ether oxygens (including phenoxy) is 3. The Labute approximate surface area is 175 Å². The summed E-state index contributed by atoms with van der Waals surface area (Å²) in [6.45, 7) is -0.0206. The topological polar surface area (TPSA) is 129 Å². The van der Waals surface area contributed by atoms with Crippen molar-refractivity contribution in [3.05, 3.63) is 54.1 Å². The maximum absolute atomic E-state index is 13.1. The van der Waals surface area contributed by atoms with Crippen molar-refractivity contribution in [2.45, 2.75) is 31.8 Å². The van der Waals surface area contributed by atoms with Gasteiger partial charge in [-0.2, -0.15) is 0 Å². The van der Waals surface area contributed by atoms with Crippen LogP contribution in [-0.2, 0) is 20.9 Å². The second-order valence-electron chi connectivity index (χ2n) is 6.58. The van der Waals surface area contributed by atoms with E-state index >= 15 is 0 Å². The van der Waals surface area contributed by atoms with Gasteiger partial charge in [0.2, 0.25) is 11.8 Å². The predicted molar refractivity (Wildman–Crippen MR) is 103 cm³/mol. The molecule has 3 rings (SSSR count). The highest BCUT2D eigenvalue weighted by molar-refractivity contribution is 5.97. The number of alkyl carbamates (subject to hydrolysis) is 1. The first-order valence-corrected chi connectivity index (χ1v) is 9.18. The Morgan fingerprint density at radius 2 is 1.77 bits per heavy atom. The molecule has 4 N–H and O–H groups in total. The Morgan fingerprint density at radius 1 is 1.06 bits per heavy atom. The van der Waals surface area contributed by atoms with Crippen LogP contribution in [-0.4, -0.2) is 30.2 Å². The second kappa shape index (κ2) is 9.28. The van der Waals surface area contributed by atoms with Gasteiger partial charge in [0.25, 0.3) is 0 Å². The number of halogens is 2. The number of rotatable bonds is 8. The van der Waals surface area contributed by atoms with Gasteiger partial charge in [0, 0.05) is 18.2 Å². The van der Waals surface area contributed by atoms with E-state index in [1.807, 2.05) is 6.07 Å². The number of carbonyl (C=O) groups excluding carboxylic acids is 3. The molecule has 3 amide bonds. The first-order chi connectivity index (χ1) is 14.7. The third kappa shape index (κ3) is 6.29. The first-order valence-electron chi connectivity index (χ1n) is 9.18. The molecule has 0 radical (unpaired) electrons. The van der Waals surface area contributed by atoms with E-state index in [9.17, 15) is 23.2 Å². The van der Waals surface area contributed by atoms with Crippen molar-refractivity contribution in [3.8, 4) is 11.5 Å². The van der Waals surface area contributed by atoms with Crippen LogP contribution in [0.2, 0.25) is 0 Å². The van der Waals surface area contributed by atoms with Crippen molar-refractivity contribution in [1.29, 1.82) is 0 Å². The summed E-state index contributed by atoms with van der Waals surface area (Å²) in [6.07, 6.45) is -4.94. The SMILES string of the molecule is NC(=O)CC[C@H](NC(=O)OCc1ccccc1)C(=O)Nc1ccc2c(c1)OC(F)(F)O2. The minimum Gasteiger partial charge on any atom is -0.445 e. The fourth-order valence-electron chi connectivity index (χ4n) is 2.72. The summed E-state index contributed by atoms with van der Waals surface area (Å²) in [5, 5.41) is 4.83. The molecule has 0 aromatic heterocycles. The van der Waals surface area contributed by atoms with E-state index < -0.39 is 30.2 Å². The number of fused-ring (bicyclic) bond motifs is 1. The van der Waals surface area contributed by atoms with Gasteiger partial charge in [0.05, 0.1) is 0 Å². The van der Waals surface area contributed by atoms with Gasteiger partial charge in [-0.25, -0.2) is 4.79 Å². The zero-order valence-corrected chi connectivity index (χ0v) is 16.1. The van der Waals surface area contributed by atoms with Crippen LogP contribution < -0.4 is 25.8 Å². The minimum atomic E-state index is -3.79. The molecule has 0 saturated carbocycles. The van der Waals surface area contributed by atoms with E-state index in [0.29, 0.717) is 0 Å². The smallest absolute Gasteiger partial charge is 0.445 e. The van der Waals surface area contributed by atoms with Gasteiger partial charge in [-0.05, 0) is 24.1 Å². The van der Waals surface area contributed by atoms with Crippen molar-refractivity contribution in [1.82, 2.24) is 5.32 Å². The van der Waals surface area contributed by atoms with Crippen LogP contribution in [0.25, 0.3) is 0 Å². The van der Waals surface area contributed by atoms with Gasteiger partial charge >= 0.3 is 12.4 Å². The summed E-state index contributed by atoms with van der Waals surface area (Å²) in [6, 6.07) is 11.4. The molecule has 1 aliphatic rings. The van der Waals surface area contributed by atoms with Crippen molar-refractivity contribution in [2.24, 2.45) is 5.73 Å². The molecule has 2 aromatic carbocycles. The number of nitrogens with two attached hydrogens (primary N) is 1. The normalized spacial score (nSPS) is 14.4. The third-order valence-corrected chi connectivity index (χ3v) is 4.17. The van der Waals surface area contributed by atoms with Crippen molar-refractivity contribution in [3.63, 3.8) is 0 Å². The van der Waals surface area contributed by atoms with Crippen molar-refractivity contribution >= 4 is 23.6 Å². The Kier molecular flexibility index (Phi) is 6.53. The molecule has 0 bridgehead atoms. The number of hydrogen-bond acceptors (Lipinski definition) is 6. The molecule has 9 nitrogen and oxygen atoms in total. The maximum Gasteiger partial charge on any atom is 0.586 e. The van der Waals surface area contributed by atoms with E-state index in [4.69, 9.17) is 10.5 Å². The predicted octanol–water partition coefficient (Wildman–Crippen LogP) is 2.51. The van der Waals surface area contributed by atoms with Crippen LogP contribution in [0, 0.1) is 0 Å². The summed E-state index contributed by atoms with van der Waals surface area (Å²) in [4.78, 5) is 35.8. The molecule has 164 valence electrons. The summed E-state index contributed by atoms with van der Waals surface area (Å²) < 4.78 is 40.0. The molecule has 1 heterocycles. The maximum atomic E-state index is 13.1. The lowest BCUT2D eigenvalue weighted by molar-refractivity contribution is -0.286. The van der Waals surface area contributed by atoms with Crippen LogP contribution in [0.4, 0.5) is 19.3 Å². The molecular formula is C20H19F2N3O6. The largest absolute Gasteiger partial charge is 0.586 e. The molecule has 0 saturated heterocycles. The van der Waals surface area contributed by atoms with Gasteiger partial charge in [0.1, 0.15) is 12.6 Å². The number of alkyl halides is 2. The van der Waals surface area contributed by atoms with Gasteiger partial charge in [-0.3, -0.25) is 9.59 Å². The third-order valence-electron chi connectivity index (χ3n) is 4.17. The highest BCUT2D eigenvalue weighted by Crippen LogP contribution is 2.42.